The van der Waals surface area contributed by atoms with Gasteiger partial charge in [-0.1, -0.05) is 18.2 Å². The van der Waals surface area contributed by atoms with E-state index in [1.54, 1.807) is 23.4 Å². The third kappa shape index (κ3) is 4.15. The Hall–Kier alpha value is -2.12. The van der Waals surface area contributed by atoms with Crippen LogP contribution in [0.15, 0.2) is 35.2 Å². The average Bonchev–Trinajstić information content (AvgIpc) is 3.28. The van der Waals surface area contributed by atoms with Gasteiger partial charge in [0.15, 0.2) is 0 Å². The predicted octanol–water partition coefficient (Wildman–Crippen LogP) is 3.04. The molecule has 0 bridgehead atoms. The number of carbonyl (C=O) groups excluding carboxylic acids is 1. The lowest BCUT2D eigenvalue weighted by molar-refractivity contribution is -0.142. The minimum Gasteiger partial charge on any atom is -0.466 e. The van der Waals surface area contributed by atoms with Crippen LogP contribution in [-0.4, -0.2) is 43.0 Å². The molecule has 1 saturated heterocycles. The van der Waals surface area contributed by atoms with Gasteiger partial charge in [-0.15, -0.1) is 0 Å². The molecule has 1 aromatic heterocycles. The SMILES string of the molecule is CCOC(=O)Cc1cc(C)n(Cc2ccccc2S(=O)(=O)N2CCCC2)c1C. The van der Waals surface area contributed by atoms with Gasteiger partial charge in [0.2, 0.25) is 10.0 Å². The van der Waals surface area contributed by atoms with Gasteiger partial charge in [-0.25, -0.2) is 8.42 Å². The number of rotatable bonds is 7. The Bertz CT molecular complexity index is 957. The second kappa shape index (κ2) is 8.49. The van der Waals surface area contributed by atoms with Crippen molar-refractivity contribution in [1.82, 2.24) is 8.87 Å². The molecule has 0 radical (unpaired) electrons. The van der Waals surface area contributed by atoms with Crippen LogP contribution >= 0.6 is 0 Å². The lowest BCUT2D eigenvalue weighted by Gasteiger charge is -2.19. The molecule has 0 N–H and O–H groups in total. The Morgan fingerprint density at radius 2 is 1.79 bits per heavy atom. The van der Waals surface area contributed by atoms with Gasteiger partial charge in [0.25, 0.3) is 0 Å². The quantitative estimate of drug-likeness (QED) is 0.665. The highest BCUT2D eigenvalue weighted by atomic mass is 32.2. The van der Waals surface area contributed by atoms with E-state index in [0.29, 0.717) is 31.1 Å². The number of hydrogen-bond acceptors (Lipinski definition) is 4. The van der Waals surface area contributed by atoms with Crippen molar-refractivity contribution in [3.8, 4) is 0 Å². The highest BCUT2D eigenvalue weighted by molar-refractivity contribution is 7.89. The highest BCUT2D eigenvalue weighted by Gasteiger charge is 2.29. The van der Waals surface area contributed by atoms with Crippen molar-refractivity contribution < 1.29 is 17.9 Å². The lowest BCUT2D eigenvalue weighted by Crippen LogP contribution is -2.29. The molecule has 2 aromatic rings. The molecular weight excluding hydrogens is 376 g/mol. The van der Waals surface area contributed by atoms with Gasteiger partial charge in [-0.3, -0.25) is 4.79 Å². The summed E-state index contributed by atoms with van der Waals surface area (Å²) in [6.07, 6.45) is 2.05. The van der Waals surface area contributed by atoms with E-state index in [1.165, 1.54) is 0 Å². The van der Waals surface area contributed by atoms with Gasteiger partial charge >= 0.3 is 5.97 Å². The first-order valence-electron chi connectivity index (χ1n) is 9.74. The van der Waals surface area contributed by atoms with Crippen LogP contribution < -0.4 is 0 Å². The second-order valence-electron chi connectivity index (χ2n) is 7.18. The Kier molecular flexibility index (Phi) is 6.25. The van der Waals surface area contributed by atoms with Crippen LogP contribution in [0.1, 0.15) is 42.3 Å². The van der Waals surface area contributed by atoms with E-state index in [4.69, 9.17) is 4.74 Å². The fourth-order valence-corrected chi connectivity index (χ4v) is 5.52. The van der Waals surface area contributed by atoms with Crippen molar-refractivity contribution in [3.05, 3.63) is 52.8 Å². The zero-order valence-corrected chi connectivity index (χ0v) is 17.6. The summed E-state index contributed by atoms with van der Waals surface area (Å²) in [5.74, 6) is -0.250. The van der Waals surface area contributed by atoms with Crippen molar-refractivity contribution in [2.75, 3.05) is 19.7 Å². The molecule has 3 rings (SSSR count). The summed E-state index contributed by atoms with van der Waals surface area (Å²) in [5, 5.41) is 0. The highest BCUT2D eigenvalue weighted by Crippen LogP contribution is 2.26. The number of sulfonamides is 1. The number of aryl methyl sites for hydroxylation is 1. The number of aromatic nitrogens is 1. The van der Waals surface area contributed by atoms with E-state index >= 15 is 0 Å². The topological polar surface area (TPSA) is 68.6 Å². The summed E-state index contributed by atoms with van der Waals surface area (Å²) >= 11 is 0. The van der Waals surface area contributed by atoms with E-state index in [0.717, 1.165) is 35.4 Å². The standard InChI is InChI=1S/C21H28N2O4S/c1-4-27-21(24)14-19-13-16(2)23(17(19)3)15-18-9-5-6-10-20(18)28(25,26)22-11-7-8-12-22/h5-6,9-10,13H,4,7-8,11-12,14-15H2,1-3H3. The predicted molar refractivity (Wildman–Crippen MR) is 108 cm³/mol. The first-order valence-corrected chi connectivity index (χ1v) is 11.2. The second-order valence-corrected chi connectivity index (χ2v) is 9.09. The third-order valence-electron chi connectivity index (χ3n) is 5.30. The van der Waals surface area contributed by atoms with Crippen LogP contribution in [0.2, 0.25) is 0 Å². The van der Waals surface area contributed by atoms with Crippen molar-refractivity contribution in [1.29, 1.82) is 0 Å². The van der Waals surface area contributed by atoms with Crippen LogP contribution in [0, 0.1) is 13.8 Å². The maximum absolute atomic E-state index is 13.1. The number of esters is 1. The van der Waals surface area contributed by atoms with Crippen LogP contribution in [0.3, 0.4) is 0 Å². The monoisotopic (exact) mass is 404 g/mol. The first kappa shape index (κ1) is 20.6. The van der Waals surface area contributed by atoms with Crippen molar-refractivity contribution >= 4 is 16.0 Å². The number of carbonyl (C=O) groups is 1. The molecule has 0 saturated carbocycles. The van der Waals surface area contributed by atoms with Gasteiger partial charge in [-0.05, 0) is 56.9 Å². The van der Waals surface area contributed by atoms with Crippen LogP contribution in [0.4, 0.5) is 0 Å². The van der Waals surface area contributed by atoms with Crippen LogP contribution in [0.5, 0.6) is 0 Å². The number of nitrogens with zero attached hydrogens (tertiary/aromatic N) is 2. The number of benzene rings is 1. The zero-order chi connectivity index (χ0) is 20.3. The molecule has 0 amide bonds. The summed E-state index contributed by atoms with van der Waals surface area (Å²) in [4.78, 5) is 12.2. The fourth-order valence-electron chi connectivity index (χ4n) is 3.79. The average molecular weight is 405 g/mol. The molecule has 0 atom stereocenters. The summed E-state index contributed by atoms with van der Waals surface area (Å²) in [7, 11) is -3.49. The van der Waals surface area contributed by atoms with Gasteiger partial charge < -0.3 is 9.30 Å². The summed E-state index contributed by atoms with van der Waals surface area (Å²) in [6.45, 7) is 7.70. The lowest BCUT2D eigenvalue weighted by atomic mass is 10.2. The van der Waals surface area contributed by atoms with Crippen molar-refractivity contribution in [2.24, 2.45) is 0 Å². The summed E-state index contributed by atoms with van der Waals surface area (Å²) in [5.41, 5.74) is 3.62. The molecule has 0 spiro atoms. The van der Waals surface area contributed by atoms with Crippen LogP contribution in [0.25, 0.3) is 0 Å². The van der Waals surface area contributed by atoms with E-state index < -0.39 is 10.0 Å². The first-order chi connectivity index (χ1) is 13.3. The summed E-state index contributed by atoms with van der Waals surface area (Å²) in [6, 6.07) is 9.17. The molecule has 28 heavy (non-hydrogen) atoms. The molecule has 2 heterocycles. The fraction of sp³-hybridized carbons (Fsp3) is 0.476. The van der Waals surface area contributed by atoms with Crippen LogP contribution in [-0.2, 0) is 32.5 Å². The zero-order valence-electron chi connectivity index (χ0n) is 16.8. The molecule has 0 unspecified atom stereocenters. The summed E-state index contributed by atoms with van der Waals surface area (Å²) < 4.78 is 34.9. The molecule has 1 aliphatic rings. The molecule has 1 fully saturated rings. The Morgan fingerprint density at radius 3 is 2.46 bits per heavy atom. The number of hydrogen-bond donors (Lipinski definition) is 0. The smallest absolute Gasteiger partial charge is 0.310 e. The van der Waals surface area contributed by atoms with Gasteiger partial charge in [0, 0.05) is 31.0 Å². The maximum Gasteiger partial charge on any atom is 0.310 e. The van der Waals surface area contributed by atoms with E-state index in [1.807, 2.05) is 32.0 Å². The Balaban J connectivity index is 1.91. The molecule has 0 aliphatic carbocycles. The maximum atomic E-state index is 13.1. The van der Waals surface area contributed by atoms with E-state index in [-0.39, 0.29) is 12.4 Å². The van der Waals surface area contributed by atoms with Crippen molar-refractivity contribution in [2.45, 2.75) is 51.5 Å². The van der Waals surface area contributed by atoms with Crippen molar-refractivity contribution in [3.63, 3.8) is 0 Å². The molecule has 1 aromatic carbocycles. The molecule has 6 nitrogen and oxygen atoms in total. The minimum absolute atomic E-state index is 0.223. The molecular formula is C21H28N2O4S. The van der Waals surface area contributed by atoms with Gasteiger partial charge in [0.1, 0.15) is 0 Å². The Labute approximate surface area is 167 Å². The molecule has 152 valence electrons. The Morgan fingerprint density at radius 1 is 1.11 bits per heavy atom. The third-order valence-corrected chi connectivity index (χ3v) is 7.30. The van der Waals surface area contributed by atoms with Gasteiger partial charge in [-0.2, -0.15) is 4.31 Å². The largest absolute Gasteiger partial charge is 0.466 e. The molecule has 7 heteroatoms. The van der Waals surface area contributed by atoms with Gasteiger partial charge in [0.05, 0.1) is 17.9 Å². The number of ether oxygens (including phenoxy) is 1. The minimum atomic E-state index is -3.49. The normalized spacial score (nSPS) is 15.1. The van der Waals surface area contributed by atoms with E-state index in [9.17, 15) is 13.2 Å². The molecule has 1 aliphatic heterocycles. The van der Waals surface area contributed by atoms with E-state index in [2.05, 4.69) is 4.57 Å².